The maximum atomic E-state index is 13.3. The molecule has 208 valence electrons. The molecule has 2 amide bonds. The predicted molar refractivity (Wildman–Crippen MR) is 134 cm³/mol. The molecular weight excluding hydrogens is 506 g/mol. The number of aliphatic hydroxyl groups excluding tert-OH is 1. The summed E-state index contributed by atoms with van der Waals surface area (Å²) in [4.78, 5) is 34.8. The molecule has 2 rings (SSSR count). The number of amides is 2. The Labute approximate surface area is 217 Å². The Hall–Kier alpha value is -2.93. The molecule has 1 aliphatic carbocycles. The zero-order chi connectivity index (χ0) is 28.2. The number of aliphatic hydroxyl groups is 1. The van der Waals surface area contributed by atoms with Gasteiger partial charge in [-0.15, -0.1) is 0 Å². The van der Waals surface area contributed by atoms with Crippen LogP contribution in [0.1, 0.15) is 67.2 Å². The molecule has 0 spiro atoms. The van der Waals surface area contributed by atoms with Crippen molar-refractivity contribution in [1.82, 2.24) is 9.62 Å². The lowest BCUT2D eigenvalue weighted by atomic mass is 9.83. The van der Waals surface area contributed by atoms with Gasteiger partial charge in [-0.05, 0) is 79.2 Å². The van der Waals surface area contributed by atoms with E-state index in [9.17, 15) is 33.2 Å². The highest BCUT2D eigenvalue weighted by molar-refractivity contribution is 7.89. The van der Waals surface area contributed by atoms with Gasteiger partial charge in [0, 0.05) is 12.1 Å². The van der Waals surface area contributed by atoms with Crippen molar-refractivity contribution in [3.8, 4) is 0 Å². The second kappa shape index (κ2) is 11.6. The van der Waals surface area contributed by atoms with Crippen LogP contribution in [0, 0.1) is 16.0 Å². The minimum atomic E-state index is -4.65. The van der Waals surface area contributed by atoms with Crippen molar-refractivity contribution in [1.29, 1.82) is 0 Å². The third kappa shape index (κ3) is 8.29. The number of rotatable bonds is 7. The molecule has 1 aliphatic rings. The molecule has 1 unspecified atom stereocenters. The fourth-order valence-corrected chi connectivity index (χ4v) is 5.96. The van der Waals surface area contributed by atoms with E-state index in [2.05, 4.69) is 5.32 Å². The molecule has 0 heterocycles. The van der Waals surface area contributed by atoms with E-state index in [0.29, 0.717) is 30.0 Å². The summed E-state index contributed by atoms with van der Waals surface area (Å²) < 4.78 is 37.5. The number of hydrogen-bond acceptors (Lipinski definition) is 9. The highest BCUT2D eigenvalue weighted by Gasteiger charge is 2.43. The number of carbonyl (C=O) groups excluding carboxylic acids is 2. The fraction of sp³-hybridized carbons (Fsp3) is 0.667. The minimum absolute atomic E-state index is 0.107. The molecule has 1 saturated carbocycles. The molecule has 2 N–H and O–H groups in total. The van der Waals surface area contributed by atoms with Crippen LogP contribution in [0.3, 0.4) is 0 Å². The molecule has 1 atom stereocenters. The zero-order valence-electron chi connectivity index (χ0n) is 22.1. The Balaban J connectivity index is 2.03. The molecular formula is C24H37N3O9S. The van der Waals surface area contributed by atoms with Crippen LogP contribution in [0.2, 0.25) is 0 Å². The number of carbonyl (C=O) groups is 2. The Bertz CT molecular complexity index is 1090. The first-order valence-corrected chi connectivity index (χ1v) is 13.5. The van der Waals surface area contributed by atoms with Gasteiger partial charge in [-0.3, -0.25) is 10.1 Å². The van der Waals surface area contributed by atoms with E-state index >= 15 is 0 Å². The van der Waals surface area contributed by atoms with Crippen molar-refractivity contribution in [2.45, 2.75) is 95.4 Å². The summed E-state index contributed by atoms with van der Waals surface area (Å²) in [5, 5.41) is 24.8. The molecule has 0 radical (unpaired) electrons. The molecule has 12 nitrogen and oxygen atoms in total. The largest absolute Gasteiger partial charge is 0.446 e. The van der Waals surface area contributed by atoms with Gasteiger partial charge < -0.3 is 19.9 Å². The van der Waals surface area contributed by atoms with E-state index in [1.807, 2.05) is 0 Å². The summed E-state index contributed by atoms with van der Waals surface area (Å²) >= 11 is 0. The van der Waals surface area contributed by atoms with Crippen LogP contribution in [0.4, 0.5) is 15.3 Å². The average Bonchev–Trinajstić information content (AvgIpc) is 2.75. The lowest BCUT2D eigenvalue weighted by Crippen LogP contribution is -2.50. The van der Waals surface area contributed by atoms with Gasteiger partial charge in [0.05, 0.1) is 16.6 Å². The van der Waals surface area contributed by atoms with E-state index in [0.717, 1.165) is 12.1 Å². The van der Waals surface area contributed by atoms with Crippen LogP contribution in [0.5, 0.6) is 0 Å². The standard InChI is InChI=1S/C24H37N3O9S/c1-23(2,3)26(37(33,34)20-10-8-7-9-18(20)27(31)32)22(30)35-15-19(28)16-11-13-17(14-12-16)25-21(29)36-24(4,5)6/h7-10,16-17,19,28H,11-15H2,1-6H3,(H,25,29). The van der Waals surface area contributed by atoms with E-state index < -0.39 is 61.6 Å². The zero-order valence-corrected chi connectivity index (χ0v) is 22.9. The summed E-state index contributed by atoms with van der Waals surface area (Å²) in [7, 11) is -4.65. The Kier molecular flexibility index (Phi) is 9.53. The number of nitrogens with zero attached hydrogens (tertiary/aromatic N) is 2. The normalized spacial score (nSPS) is 19.4. The van der Waals surface area contributed by atoms with Gasteiger partial charge in [0.15, 0.2) is 4.90 Å². The summed E-state index contributed by atoms with van der Waals surface area (Å²) in [5.74, 6) is -0.223. The number of nitro groups is 1. The summed E-state index contributed by atoms with van der Waals surface area (Å²) in [5.41, 5.74) is -2.58. The van der Waals surface area contributed by atoms with Crippen LogP contribution in [-0.4, -0.2) is 64.8 Å². The Morgan fingerprint density at radius 3 is 2.22 bits per heavy atom. The van der Waals surface area contributed by atoms with Crippen molar-refractivity contribution in [3.63, 3.8) is 0 Å². The fourth-order valence-electron chi connectivity index (χ4n) is 4.13. The first-order chi connectivity index (χ1) is 16.9. The number of hydrogen-bond donors (Lipinski definition) is 2. The van der Waals surface area contributed by atoms with Crippen molar-refractivity contribution >= 4 is 27.9 Å². The van der Waals surface area contributed by atoms with Gasteiger partial charge >= 0.3 is 12.2 Å². The number of sulfonamides is 1. The second-order valence-electron chi connectivity index (χ2n) is 11.1. The first kappa shape index (κ1) is 30.3. The maximum absolute atomic E-state index is 13.3. The minimum Gasteiger partial charge on any atom is -0.446 e. The van der Waals surface area contributed by atoms with Gasteiger partial charge in [-0.1, -0.05) is 12.1 Å². The van der Waals surface area contributed by atoms with Crippen molar-refractivity contribution < 1.29 is 37.5 Å². The lowest BCUT2D eigenvalue weighted by molar-refractivity contribution is -0.387. The number of ether oxygens (including phenoxy) is 2. The Morgan fingerprint density at radius 1 is 1.14 bits per heavy atom. The third-order valence-electron chi connectivity index (χ3n) is 5.77. The van der Waals surface area contributed by atoms with E-state index in [1.54, 1.807) is 20.8 Å². The van der Waals surface area contributed by atoms with Crippen LogP contribution < -0.4 is 5.32 Å². The summed E-state index contributed by atoms with van der Waals surface area (Å²) in [6.45, 7) is 9.23. The molecule has 1 fully saturated rings. The molecule has 0 aliphatic heterocycles. The number of nitrogens with one attached hydrogen (secondary N) is 1. The molecule has 0 bridgehead atoms. The van der Waals surface area contributed by atoms with Crippen molar-refractivity contribution in [2.75, 3.05) is 6.61 Å². The number of para-hydroxylation sites is 1. The van der Waals surface area contributed by atoms with E-state index in [1.165, 1.54) is 32.9 Å². The van der Waals surface area contributed by atoms with E-state index in [4.69, 9.17) is 9.47 Å². The highest BCUT2D eigenvalue weighted by atomic mass is 32.2. The summed E-state index contributed by atoms with van der Waals surface area (Å²) in [6, 6.07) is 4.63. The van der Waals surface area contributed by atoms with Gasteiger partial charge in [0.1, 0.15) is 12.2 Å². The third-order valence-corrected chi connectivity index (χ3v) is 7.85. The Morgan fingerprint density at radius 2 is 1.70 bits per heavy atom. The monoisotopic (exact) mass is 543 g/mol. The van der Waals surface area contributed by atoms with Gasteiger partial charge in [0.25, 0.3) is 15.7 Å². The lowest BCUT2D eigenvalue weighted by Gasteiger charge is -2.35. The SMILES string of the molecule is CC(C)(C)OC(=O)NC1CCC(C(O)COC(=O)N(C(C)(C)C)S(=O)(=O)c2ccccc2[N+](=O)[O-])CC1. The van der Waals surface area contributed by atoms with Gasteiger partial charge in [-0.2, -0.15) is 4.31 Å². The first-order valence-electron chi connectivity index (χ1n) is 12.1. The molecule has 13 heteroatoms. The van der Waals surface area contributed by atoms with Crippen LogP contribution in [0.15, 0.2) is 29.2 Å². The number of benzene rings is 1. The van der Waals surface area contributed by atoms with Crippen molar-refractivity contribution in [3.05, 3.63) is 34.4 Å². The van der Waals surface area contributed by atoms with Gasteiger partial charge in [-0.25, -0.2) is 18.0 Å². The highest BCUT2D eigenvalue weighted by Crippen LogP contribution is 2.32. The smallest absolute Gasteiger partial charge is 0.424 e. The van der Waals surface area contributed by atoms with E-state index in [-0.39, 0.29) is 12.0 Å². The topological polar surface area (TPSA) is 165 Å². The molecule has 1 aromatic carbocycles. The molecule has 1 aromatic rings. The average molecular weight is 544 g/mol. The second-order valence-corrected chi connectivity index (χ2v) is 12.8. The predicted octanol–water partition coefficient (Wildman–Crippen LogP) is 3.97. The van der Waals surface area contributed by atoms with Gasteiger partial charge in [0.2, 0.25) is 0 Å². The van der Waals surface area contributed by atoms with Crippen LogP contribution >= 0.6 is 0 Å². The number of alkyl carbamates (subject to hydrolysis) is 1. The summed E-state index contributed by atoms with van der Waals surface area (Å²) in [6.07, 6.45) is -0.517. The van der Waals surface area contributed by atoms with Crippen LogP contribution in [0.25, 0.3) is 0 Å². The van der Waals surface area contributed by atoms with Crippen molar-refractivity contribution in [2.24, 2.45) is 5.92 Å². The molecule has 0 aromatic heterocycles. The molecule has 0 saturated heterocycles. The quantitative estimate of drug-likeness (QED) is 0.382. The number of nitro benzene ring substituents is 1. The maximum Gasteiger partial charge on any atom is 0.424 e. The molecule has 37 heavy (non-hydrogen) atoms. The van der Waals surface area contributed by atoms with Crippen LogP contribution in [-0.2, 0) is 19.5 Å².